The van der Waals surface area contributed by atoms with Gasteiger partial charge < -0.3 is 29.8 Å². The van der Waals surface area contributed by atoms with Crippen LogP contribution >= 0.6 is 22.9 Å². The number of carbonyl (C=O) groups excluding carboxylic acids is 1. The van der Waals surface area contributed by atoms with Crippen molar-refractivity contribution < 1.29 is 38.0 Å². The van der Waals surface area contributed by atoms with Gasteiger partial charge in [0.05, 0.1) is 47.5 Å². The summed E-state index contributed by atoms with van der Waals surface area (Å²) in [6, 6.07) is 23.7. The number of rotatable bonds is 15. The van der Waals surface area contributed by atoms with E-state index in [1.165, 1.54) is 29.8 Å². The van der Waals surface area contributed by atoms with Gasteiger partial charge in [0.25, 0.3) is 0 Å². The van der Waals surface area contributed by atoms with Crippen LogP contribution in [0.2, 0.25) is 5.02 Å². The number of fused-ring (bicyclic) bond motifs is 1. The zero-order valence-corrected chi connectivity index (χ0v) is 33.6. The molecule has 0 spiro atoms. The van der Waals surface area contributed by atoms with Crippen LogP contribution in [0.5, 0.6) is 17.4 Å². The van der Waals surface area contributed by atoms with Crippen molar-refractivity contribution in [3.63, 3.8) is 0 Å². The van der Waals surface area contributed by atoms with Gasteiger partial charge in [0, 0.05) is 23.1 Å². The summed E-state index contributed by atoms with van der Waals surface area (Å²) in [5.74, 6) is -0.613. The fourth-order valence-corrected chi connectivity index (χ4v) is 7.90. The number of para-hydroxylation sites is 1. The van der Waals surface area contributed by atoms with E-state index in [1.807, 2.05) is 37.3 Å². The average Bonchev–Trinajstić information content (AvgIpc) is 3.62. The summed E-state index contributed by atoms with van der Waals surface area (Å²) in [6.45, 7) is 3.59. The van der Waals surface area contributed by atoms with Crippen molar-refractivity contribution in [1.29, 1.82) is 0 Å². The summed E-state index contributed by atoms with van der Waals surface area (Å²) >= 11 is 8.02. The number of hydrogen-bond acceptors (Lipinski definition) is 12. The Bertz CT molecular complexity index is 2680. The Balaban J connectivity index is 1.28. The molecular weight excluding hydrogens is 797 g/mol. The molecule has 0 radical (unpaired) electrons. The standard InChI is InChI=1S/C44H37ClFN5O7S/c1-4-56-44(54)35(21-27-19-25(20-36(52)53)9-16-33(27)57-22-29-17-18-48-41(51-29)31-7-5-6-8-34(31)55-3)58-42-38-37(30-14-15-32(47)39(45)24(30)2)40(59-43(38)50-23-49-42)26-10-12-28(46)13-11-26/h5-19,23,35H,4,20-22,47H2,1-3H3,(H,52,53). The smallest absolute Gasteiger partial charge is 0.347 e. The molecule has 0 aliphatic carbocycles. The quantitative estimate of drug-likeness (QED) is 0.0744. The molecule has 59 heavy (non-hydrogen) atoms. The molecule has 0 aliphatic rings. The molecule has 7 aromatic rings. The number of esters is 1. The van der Waals surface area contributed by atoms with Crippen LogP contribution in [0.4, 0.5) is 10.1 Å². The minimum absolute atomic E-state index is 0.0152. The average molecular weight is 834 g/mol. The number of ether oxygens (including phenoxy) is 4. The van der Waals surface area contributed by atoms with Gasteiger partial charge in [-0.2, -0.15) is 0 Å². The zero-order chi connectivity index (χ0) is 41.6. The number of halogens is 2. The number of carboxylic acid groups (broad SMARTS) is 1. The van der Waals surface area contributed by atoms with Gasteiger partial charge in [-0.1, -0.05) is 54.1 Å². The number of hydrogen-bond donors (Lipinski definition) is 2. The molecule has 0 saturated heterocycles. The van der Waals surface area contributed by atoms with Crippen molar-refractivity contribution in [1.82, 2.24) is 19.9 Å². The number of aromatic nitrogens is 4. The topological polar surface area (TPSA) is 169 Å². The first-order valence-electron chi connectivity index (χ1n) is 18.4. The van der Waals surface area contributed by atoms with Crippen LogP contribution in [0, 0.1) is 12.7 Å². The molecule has 1 unspecified atom stereocenters. The second-order valence-corrected chi connectivity index (χ2v) is 14.6. The summed E-state index contributed by atoms with van der Waals surface area (Å²) < 4.78 is 38.0. The number of anilines is 1. The van der Waals surface area contributed by atoms with Crippen LogP contribution in [0.25, 0.3) is 43.2 Å². The first-order valence-corrected chi connectivity index (χ1v) is 19.6. The van der Waals surface area contributed by atoms with E-state index in [2.05, 4.69) is 19.9 Å². The first kappa shape index (κ1) is 40.6. The Hall–Kier alpha value is -6.64. The summed E-state index contributed by atoms with van der Waals surface area (Å²) in [5.41, 5.74) is 11.5. The highest BCUT2D eigenvalue weighted by atomic mass is 35.5. The fraction of sp³-hybridized carbons (Fsp3) is 0.182. The van der Waals surface area contributed by atoms with E-state index in [4.69, 9.17) is 36.3 Å². The number of benzene rings is 4. The van der Waals surface area contributed by atoms with E-state index in [-0.39, 0.29) is 31.9 Å². The van der Waals surface area contributed by atoms with Crippen LogP contribution in [-0.2, 0) is 33.8 Å². The molecule has 0 aliphatic heterocycles. The maximum Gasteiger partial charge on any atom is 0.347 e. The lowest BCUT2D eigenvalue weighted by Gasteiger charge is -2.20. The van der Waals surface area contributed by atoms with Crippen molar-refractivity contribution in [2.75, 3.05) is 19.5 Å². The fourth-order valence-electron chi connectivity index (χ4n) is 6.58. The lowest BCUT2D eigenvalue weighted by atomic mass is 9.95. The van der Waals surface area contributed by atoms with Crippen molar-refractivity contribution in [2.45, 2.75) is 39.4 Å². The number of carboxylic acids is 1. The van der Waals surface area contributed by atoms with Gasteiger partial charge in [0.1, 0.15) is 35.1 Å². The first-order chi connectivity index (χ1) is 28.5. The molecular formula is C44H37ClFN5O7S. The molecule has 0 saturated carbocycles. The summed E-state index contributed by atoms with van der Waals surface area (Å²) in [4.78, 5) is 45.0. The summed E-state index contributed by atoms with van der Waals surface area (Å²) in [7, 11) is 1.57. The number of aliphatic carboxylic acids is 1. The Labute approximate surface area is 347 Å². The highest BCUT2D eigenvalue weighted by molar-refractivity contribution is 7.22. The van der Waals surface area contributed by atoms with Crippen molar-refractivity contribution in [2.24, 2.45) is 0 Å². The van der Waals surface area contributed by atoms with Gasteiger partial charge in [0.2, 0.25) is 12.0 Å². The molecule has 0 amide bonds. The van der Waals surface area contributed by atoms with Crippen LogP contribution < -0.4 is 19.9 Å². The number of nitrogens with two attached hydrogens (primary N) is 1. The third-order valence-electron chi connectivity index (χ3n) is 9.37. The predicted molar refractivity (Wildman–Crippen MR) is 223 cm³/mol. The van der Waals surface area contributed by atoms with Crippen LogP contribution in [0.1, 0.15) is 29.3 Å². The predicted octanol–water partition coefficient (Wildman–Crippen LogP) is 8.93. The Morgan fingerprint density at radius 2 is 1.76 bits per heavy atom. The summed E-state index contributed by atoms with van der Waals surface area (Å²) in [6.07, 6.45) is 1.30. The van der Waals surface area contributed by atoms with E-state index in [1.54, 1.807) is 62.7 Å². The van der Waals surface area contributed by atoms with Crippen molar-refractivity contribution in [3.8, 4) is 50.3 Å². The van der Waals surface area contributed by atoms with E-state index in [9.17, 15) is 19.1 Å². The maximum atomic E-state index is 14.1. The minimum Gasteiger partial charge on any atom is -0.496 e. The molecule has 15 heteroatoms. The Kier molecular flexibility index (Phi) is 12.3. The molecule has 12 nitrogen and oxygen atoms in total. The van der Waals surface area contributed by atoms with E-state index in [0.717, 1.165) is 4.88 Å². The number of nitrogen functional groups attached to an aromatic ring is 1. The Morgan fingerprint density at radius 1 is 0.966 bits per heavy atom. The lowest BCUT2D eigenvalue weighted by Crippen LogP contribution is -2.32. The van der Waals surface area contributed by atoms with Crippen molar-refractivity contribution >= 4 is 50.8 Å². The Morgan fingerprint density at radius 3 is 2.53 bits per heavy atom. The highest BCUT2D eigenvalue weighted by Crippen LogP contribution is 2.49. The second-order valence-electron chi connectivity index (χ2n) is 13.2. The molecule has 300 valence electrons. The minimum atomic E-state index is -1.29. The third-order valence-corrected chi connectivity index (χ3v) is 11.0. The number of methoxy groups -OCH3 is 1. The molecule has 7 rings (SSSR count). The van der Waals surface area contributed by atoms with Gasteiger partial charge >= 0.3 is 11.9 Å². The molecule has 3 aromatic heterocycles. The van der Waals surface area contributed by atoms with Gasteiger partial charge in [0.15, 0.2) is 5.82 Å². The molecule has 3 heterocycles. The van der Waals surface area contributed by atoms with Crippen LogP contribution in [0.3, 0.4) is 0 Å². The molecule has 4 aromatic carbocycles. The monoisotopic (exact) mass is 833 g/mol. The van der Waals surface area contributed by atoms with Crippen LogP contribution in [-0.4, -0.2) is 56.8 Å². The number of thiophene rings is 1. The number of carbonyl (C=O) groups is 2. The van der Waals surface area contributed by atoms with E-state index >= 15 is 0 Å². The van der Waals surface area contributed by atoms with Gasteiger partial charge in [-0.25, -0.2) is 29.1 Å². The third kappa shape index (κ3) is 8.93. The van der Waals surface area contributed by atoms with Crippen LogP contribution in [0.15, 0.2) is 97.5 Å². The van der Waals surface area contributed by atoms with E-state index < -0.39 is 23.9 Å². The lowest BCUT2D eigenvalue weighted by molar-refractivity contribution is -0.151. The second kappa shape index (κ2) is 17.9. The zero-order valence-electron chi connectivity index (χ0n) is 32.1. The largest absolute Gasteiger partial charge is 0.496 e. The summed E-state index contributed by atoms with van der Waals surface area (Å²) in [5, 5.41) is 10.5. The van der Waals surface area contributed by atoms with Crippen molar-refractivity contribution in [3.05, 3.63) is 131 Å². The maximum absolute atomic E-state index is 14.1. The molecule has 3 N–H and O–H groups in total. The van der Waals surface area contributed by atoms with Gasteiger partial charge in [-0.15, -0.1) is 11.3 Å². The normalized spacial score (nSPS) is 11.6. The molecule has 0 bridgehead atoms. The van der Waals surface area contributed by atoms with Gasteiger partial charge in [-0.05, 0) is 84.1 Å². The molecule has 1 atom stereocenters. The molecule has 0 fully saturated rings. The van der Waals surface area contributed by atoms with E-state index in [0.29, 0.717) is 82.9 Å². The number of nitrogens with zero attached hydrogens (tertiary/aromatic N) is 4. The van der Waals surface area contributed by atoms with Gasteiger partial charge in [-0.3, -0.25) is 4.79 Å². The SMILES string of the molecule is CCOC(=O)C(Cc1cc(CC(=O)O)ccc1OCc1ccnc(-c2ccccc2OC)n1)Oc1ncnc2sc(-c3ccc(F)cc3)c(-c3ccc(N)c(Cl)c3C)c12. The highest BCUT2D eigenvalue weighted by Gasteiger charge is 2.29.